The van der Waals surface area contributed by atoms with Crippen LogP contribution in [0.2, 0.25) is 0 Å². The van der Waals surface area contributed by atoms with Crippen LogP contribution in [0.5, 0.6) is 17.2 Å². The molecule has 6 nitrogen and oxygen atoms in total. The number of aliphatic hydroxyl groups is 1. The van der Waals surface area contributed by atoms with Gasteiger partial charge < -0.3 is 24.8 Å². The van der Waals surface area contributed by atoms with Gasteiger partial charge in [-0.25, -0.2) is 4.79 Å². The van der Waals surface area contributed by atoms with Crippen LogP contribution < -0.4 is 5.63 Å². The molecule has 0 aliphatic heterocycles. The molecule has 0 saturated heterocycles. The van der Waals surface area contributed by atoms with Crippen molar-refractivity contribution in [3.63, 3.8) is 0 Å². The monoisotopic (exact) mass is 410 g/mol. The predicted octanol–water partition coefficient (Wildman–Crippen LogP) is 4.53. The molecule has 30 heavy (non-hydrogen) atoms. The molecule has 0 fully saturated rings. The molecular formula is C24H26O6. The van der Waals surface area contributed by atoms with Crippen molar-refractivity contribution in [3.8, 4) is 17.2 Å². The van der Waals surface area contributed by atoms with Crippen molar-refractivity contribution in [1.29, 1.82) is 0 Å². The van der Waals surface area contributed by atoms with E-state index in [1.807, 2.05) is 13.8 Å². The van der Waals surface area contributed by atoms with E-state index < -0.39 is 23.6 Å². The summed E-state index contributed by atoms with van der Waals surface area (Å²) in [7, 11) is 0. The molecule has 6 heteroatoms. The van der Waals surface area contributed by atoms with Crippen LogP contribution in [0.1, 0.15) is 67.1 Å². The summed E-state index contributed by atoms with van der Waals surface area (Å²) in [5.41, 5.74) is 0.852. The van der Waals surface area contributed by atoms with Crippen molar-refractivity contribution in [3.05, 3.63) is 87.5 Å². The third-order valence-electron chi connectivity index (χ3n) is 5.46. The molecule has 158 valence electrons. The van der Waals surface area contributed by atoms with Gasteiger partial charge in [-0.3, -0.25) is 0 Å². The maximum Gasteiger partial charge on any atom is 0.343 e. The van der Waals surface area contributed by atoms with Gasteiger partial charge in [-0.15, -0.1) is 0 Å². The molecule has 0 spiro atoms. The van der Waals surface area contributed by atoms with Crippen molar-refractivity contribution >= 4 is 0 Å². The largest absolute Gasteiger partial charge is 0.508 e. The zero-order valence-corrected chi connectivity index (χ0v) is 16.9. The minimum absolute atomic E-state index is 0.0902. The third kappa shape index (κ3) is 4.33. The Bertz CT molecular complexity index is 1040. The van der Waals surface area contributed by atoms with Crippen molar-refractivity contribution < 1.29 is 24.8 Å². The number of aromatic hydroxyl groups is 3. The standard InChI is InChI=1S/C24H26O6/c1-3-18(14-5-9-16(25)10-6-14)22-20(27)13-21(30-24(22)29)19(4-2)23(28)15-7-11-17(26)12-8-15/h5-13,18-19,23,25-28H,3-4H2,1-2H3/t18?,19-,23-/m0/s1. The average Bonchev–Trinajstić information content (AvgIpc) is 2.72. The van der Waals surface area contributed by atoms with Crippen molar-refractivity contribution in [2.24, 2.45) is 0 Å². The number of hydrogen-bond acceptors (Lipinski definition) is 6. The van der Waals surface area contributed by atoms with Crippen LogP contribution in [0.25, 0.3) is 0 Å². The molecule has 3 atom stereocenters. The van der Waals surface area contributed by atoms with Gasteiger partial charge in [0.25, 0.3) is 0 Å². The molecular weight excluding hydrogens is 384 g/mol. The number of phenols is 2. The first-order chi connectivity index (χ1) is 14.3. The highest BCUT2D eigenvalue weighted by Crippen LogP contribution is 2.38. The molecule has 0 bridgehead atoms. The molecule has 2 aromatic carbocycles. The Morgan fingerprint density at radius 1 is 0.833 bits per heavy atom. The summed E-state index contributed by atoms with van der Waals surface area (Å²) < 4.78 is 5.56. The predicted molar refractivity (Wildman–Crippen MR) is 113 cm³/mol. The second-order valence-corrected chi connectivity index (χ2v) is 7.34. The summed E-state index contributed by atoms with van der Waals surface area (Å²) in [4.78, 5) is 12.8. The maximum absolute atomic E-state index is 12.8. The van der Waals surface area contributed by atoms with E-state index in [0.717, 1.165) is 5.56 Å². The van der Waals surface area contributed by atoms with Crippen molar-refractivity contribution in [2.75, 3.05) is 0 Å². The van der Waals surface area contributed by atoms with E-state index in [1.165, 1.54) is 30.3 Å². The van der Waals surface area contributed by atoms with E-state index >= 15 is 0 Å². The molecule has 1 aromatic heterocycles. The zero-order valence-electron chi connectivity index (χ0n) is 16.9. The molecule has 0 aliphatic carbocycles. The van der Waals surface area contributed by atoms with E-state index in [2.05, 4.69) is 0 Å². The van der Waals surface area contributed by atoms with Gasteiger partial charge in [-0.1, -0.05) is 38.1 Å². The van der Waals surface area contributed by atoms with E-state index in [-0.39, 0.29) is 28.6 Å². The highest BCUT2D eigenvalue weighted by molar-refractivity contribution is 5.42. The first-order valence-electron chi connectivity index (χ1n) is 9.98. The molecule has 1 unspecified atom stereocenters. The summed E-state index contributed by atoms with van der Waals surface area (Å²) in [6.07, 6.45) is 0.0532. The van der Waals surface area contributed by atoms with Crippen molar-refractivity contribution in [1.82, 2.24) is 0 Å². The normalized spacial score (nSPS) is 14.2. The Morgan fingerprint density at radius 2 is 1.37 bits per heavy atom. The topological polar surface area (TPSA) is 111 Å². The Balaban J connectivity index is 1.98. The lowest BCUT2D eigenvalue weighted by Gasteiger charge is -2.22. The van der Waals surface area contributed by atoms with E-state index in [0.29, 0.717) is 18.4 Å². The molecule has 3 rings (SSSR count). The van der Waals surface area contributed by atoms with Gasteiger partial charge in [-0.2, -0.15) is 0 Å². The maximum atomic E-state index is 12.8. The Kier molecular flexibility index (Phi) is 6.47. The third-order valence-corrected chi connectivity index (χ3v) is 5.46. The van der Waals surface area contributed by atoms with E-state index in [4.69, 9.17) is 4.42 Å². The number of rotatable bonds is 7. The first-order valence-corrected chi connectivity index (χ1v) is 9.98. The summed E-state index contributed by atoms with van der Waals surface area (Å²) in [5.74, 6) is -0.710. The minimum Gasteiger partial charge on any atom is -0.508 e. The van der Waals surface area contributed by atoms with Crippen LogP contribution in [0.3, 0.4) is 0 Å². The highest BCUT2D eigenvalue weighted by Gasteiger charge is 2.28. The van der Waals surface area contributed by atoms with Gasteiger partial charge in [0, 0.05) is 17.9 Å². The van der Waals surface area contributed by atoms with Gasteiger partial charge in [0.15, 0.2) is 0 Å². The summed E-state index contributed by atoms with van der Waals surface area (Å²) >= 11 is 0. The van der Waals surface area contributed by atoms with Gasteiger partial charge in [0.1, 0.15) is 23.0 Å². The van der Waals surface area contributed by atoms with Gasteiger partial charge in [0.2, 0.25) is 0 Å². The fourth-order valence-electron chi connectivity index (χ4n) is 3.81. The minimum atomic E-state index is -0.969. The smallest absolute Gasteiger partial charge is 0.343 e. The molecule has 3 aromatic rings. The fraction of sp³-hybridized carbons (Fsp3) is 0.292. The van der Waals surface area contributed by atoms with Crippen LogP contribution >= 0.6 is 0 Å². The molecule has 0 radical (unpaired) electrons. The fourth-order valence-corrected chi connectivity index (χ4v) is 3.81. The summed E-state index contributed by atoms with van der Waals surface area (Å²) in [6, 6.07) is 14.0. The molecule has 0 amide bonds. The van der Waals surface area contributed by atoms with Crippen LogP contribution in [-0.4, -0.2) is 20.4 Å². The quantitative estimate of drug-likeness (QED) is 0.456. The van der Waals surface area contributed by atoms with Gasteiger partial charge in [-0.05, 0) is 48.2 Å². The van der Waals surface area contributed by atoms with E-state index in [1.54, 1.807) is 24.3 Å². The molecule has 0 aliphatic rings. The summed E-state index contributed by atoms with van der Waals surface area (Å²) in [6.45, 7) is 3.75. The van der Waals surface area contributed by atoms with E-state index in [9.17, 15) is 25.2 Å². The number of benzene rings is 2. The SMILES string of the molecule is CCC(c1ccc(O)cc1)c1c(O)cc([C@H](CC)[C@@H](O)c2ccc(O)cc2)oc1=O. The highest BCUT2D eigenvalue weighted by atomic mass is 16.4. The van der Waals surface area contributed by atoms with Gasteiger partial charge >= 0.3 is 5.63 Å². The van der Waals surface area contributed by atoms with Crippen LogP contribution in [-0.2, 0) is 0 Å². The molecule has 0 saturated carbocycles. The summed E-state index contributed by atoms with van der Waals surface area (Å²) in [5, 5.41) is 40.4. The van der Waals surface area contributed by atoms with Crippen LogP contribution in [0.4, 0.5) is 0 Å². The molecule has 1 heterocycles. The Labute approximate surface area is 174 Å². The number of phenolic OH excluding ortho intramolecular Hbond substituents is 2. The van der Waals surface area contributed by atoms with Crippen LogP contribution in [0.15, 0.2) is 63.8 Å². The number of hydrogen-bond donors (Lipinski definition) is 4. The van der Waals surface area contributed by atoms with Gasteiger partial charge in [0.05, 0.1) is 11.7 Å². The number of aliphatic hydroxyl groups excluding tert-OH is 1. The van der Waals surface area contributed by atoms with Crippen LogP contribution in [0, 0.1) is 0 Å². The second-order valence-electron chi connectivity index (χ2n) is 7.34. The van der Waals surface area contributed by atoms with Crippen molar-refractivity contribution in [2.45, 2.75) is 44.6 Å². The second kappa shape index (κ2) is 9.05. The first kappa shape index (κ1) is 21.5. The molecule has 4 N–H and O–H groups in total. The lowest BCUT2D eigenvalue weighted by molar-refractivity contribution is 0.129. The Morgan fingerprint density at radius 3 is 1.83 bits per heavy atom. The Hall–Kier alpha value is -3.25. The zero-order chi connectivity index (χ0) is 21.8. The lowest BCUT2D eigenvalue weighted by atomic mass is 9.87. The lowest BCUT2D eigenvalue weighted by Crippen LogP contribution is -2.17. The average molecular weight is 410 g/mol.